The van der Waals surface area contributed by atoms with Crippen LogP contribution in [0, 0.1) is 5.82 Å². The van der Waals surface area contributed by atoms with Crippen molar-refractivity contribution in [3.05, 3.63) is 94.0 Å². The van der Waals surface area contributed by atoms with E-state index in [1.54, 1.807) is 24.3 Å². The second-order valence-corrected chi connectivity index (χ2v) is 13.8. The van der Waals surface area contributed by atoms with Crippen LogP contribution < -0.4 is 24.3 Å². The molecule has 0 radical (unpaired) electrons. The maximum absolute atomic E-state index is 15.6. The first-order valence-electron chi connectivity index (χ1n) is 15.1. The largest absolute Gasteiger partial charge is 0.488 e. The van der Waals surface area contributed by atoms with E-state index in [-0.39, 0.29) is 35.4 Å². The number of ether oxygens (including phenoxy) is 4. The van der Waals surface area contributed by atoms with E-state index < -0.39 is 40.4 Å². The molecule has 11 nitrogen and oxygen atoms in total. The average molecular weight is 699 g/mol. The van der Waals surface area contributed by atoms with E-state index in [0.717, 1.165) is 22.9 Å². The molecule has 48 heavy (non-hydrogen) atoms. The molecule has 1 aromatic heterocycles. The molecule has 0 saturated carbocycles. The number of hydrogen-bond acceptors (Lipinski definition) is 10. The Labute approximate surface area is 281 Å². The Morgan fingerprint density at radius 2 is 1.94 bits per heavy atom. The maximum Gasteiger partial charge on any atom is 0.323 e. The third-order valence-corrected chi connectivity index (χ3v) is 9.53. The molecular formula is C34H32ClFN2O9S. The van der Waals surface area contributed by atoms with Gasteiger partial charge in [-0.3, -0.25) is 15.1 Å². The molecule has 2 atom stereocenters. The van der Waals surface area contributed by atoms with Gasteiger partial charge >= 0.3 is 5.97 Å². The fraction of sp³-hybridized carbons (Fsp3) is 0.294. The lowest BCUT2D eigenvalue weighted by atomic mass is 9.96. The highest BCUT2D eigenvalue weighted by atomic mass is 35.5. The molecule has 0 spiro atoms. The second kappa shape index (κ2) is 14.0. The molecule has 0 unspecified atom stereocenters. The van der Waals surface area contributed by atoms with Crippen molar-refractivity contribution < 1.29 is 46.8 Å². The van der Waals surface area contributed by atoms with Gasteiger partial charge in [0.2, 0.25) is 0 Å². The van der Waals surface area contributed by atoms with Gasteiger partial charge in [0.15, 0.2) is 27.2 Å². The van der Waals surface area contributed by atoms with Crippen molar-refractivity contribution in [3.8, 4) is 34.1 Å². The third-order valence-electron chi connectivity index (χ3n) is 8.15. The number of benzene rings is 3. The number of hydrogen-bond donors (Lipinski definition) is 3. The van der Waals surface area contributed by atoms with Crippen molar-refractivity contribution in [2.45, 2.75) is 43.0 Å². The lowest BCUT2D eigenvalue weighted by Gasteiger charge is -2.21. The number of nitrogens with zero attached hydrogens (tertiary/aromatic N) is 1. The van der Waals surface area contributed by atoms with Crippen molar-refractivity contribution in [1.29, 1.82) is 0 Å². The van der Waals surface area contributed by atoms with Gasteiger partial charge in [0.25, 0.3) is 0 Å². The molecule has 0 fully saturated rings. The van der Waals surface area contributed by atoms with Gasteiger partial charge in [-0.15, -0.1) is 0 Å². The van der Waals surface area contributed by atoms with Crippen LogP contribution >= 0.6 is 11.6 Å². The number of nitrogens with one attached hydrogen (secondary N) is 1. The molecule has 0 amide bonds. The van der Waals surface area contributed by atoms with E-state index in [0.29, 0.717) is 53.4 Å². The standard InChI is InChI=1S/C34H32ClFN2O9S/c1-48(42,43)21-11-19(14-37-16-21)18-46-30-13-31(26(35)12-20(30)15-38-27(17-39)34(40)41)47-28-7-5-23-22(3-2-4-24(23)28)25-6-8-29-33(32(25)36)45-10-9-44-29/h2-4,6,8,11-14,16,27-28,38-39H,5,7,9-10,15,17-18H2,1H3,(H,40,41)/t27-,28-/m0/s1. The molecular weight excluding hydrogens is 667 g/mol. The van der Waals surface area contributed by atoms with Crippen LogP contribution in [0.3, 0.4) is 0 Å². The van der Waals surface area contributed by atoms with Crippen LogP contribution in [0.1, 0.15) is 34.8 Å². The topological polar surface area (TPSA) is 154 Å². The Hall–Kier alpha value is -4.43. The molecule has 3 aromatic carbocycles. The minimum Gasteiger partial charge on any atom is -0.488 e. The Morgan fingerprint density at radius 1 is 1.12 bits per heavy atom. The highest BCUT2D eigenvalue weighted by molar-refractivity contribution is 7.90. The summed E-state index contributed by atoms with van der Waals surface area (Å²) in [5.41, 5.74) is 3.90. The summed E-state index contributed by atoms with van der Waals surface area (Å²) in [4.78, 5) is 15.5. The maximum atomic E-state index is 15.6. The molecule has 0 bridgehead atoms. The number of aliphatic carboxylic acids is 1. The van der Waals surface area contributed by atoms with Gasteiger partial charge in [0.05, 0.1) is 16.5 Å². The average Bonchev–Trinajstić information content (AvgIpc) is 3.48. The van der Waals surface area contributed by atoms with Crippen LogP contribution in [-0.4, -0.2) is 61.7 Å². The Balaban J connectivity index is 1.29. The zero-order valence-electron chi connectivity index (χ0n) is 25.7. The SMILES string of the molecule is CS(=O)(=O)c1cncc(COc2cc(O[C@H]3CCc4c(-c5ccc6c(c5F)OCCO6)cccc43)c(Cl)cc2CN[C@@H](CO)C(=O)O)c1. The van der Waals surface area contributed by atoms with Gasteiger partial charge in [-0.1, -0.05) is 29.8 Å². The third kappa shape index (κ3) is 7.04. The van der Waals surface area contributed by atoms with Crippen molar-refractivity contribution >= 4 is 27.4 Å². The van der Waals surface area contributed by atoms with E-state index in [1.165, 1.54) is 18.5 Å². The molecule has 0 saturated heterocycles. The first-order chi connectivity index (χ1) is 23.0. The minimum absolute atomic E-state index is 0.0226. The molecule has 14 heteroatoms. The lowest BCUT2D eigenvalue weighted by molar-refractivity contribution is -0.140. The number of sulfone groups is 1. The molecule has 4 aromatic rings. The number of carbonyl (C=O) groups is 1. The lowest BCUT2D eigenvalue weighted by Crippen LogP contribution is -2.39. The molecule has 1 aliphatic heterocycles. The Kier molecular flexibility index (Phi) is 9.74. The van der Waals surface area contributed by atoms with Crippen LogP contribution in [0.25, 0.3) is 11.1 Å². The number of rotatable bonds is 12. The highest BCUT2D eigenvalue weighted by Crippen LogP contribution is 2.45. The molecule has 6 rings (SSSR count). The fourth-order valence-corrected chi connectivity index (χ4v) is 6.59. The van der Waals surface area contributed by atoms with Gasteiger partial charge in [0, 0.05) is 48.0 Å². The van der Waals surface area contributed by atoms with Crippen LogP contribution in [-0.2, 0) is 34.2 Å². The van der Waals surface area contributed by atoms with E-state index in [1.807, 2.05) is 18.2 Å². The summed E-state index contributed by atoms with van der Waals surface area (Å²) in [6.45, 7) is -0.0984. The van der Waals surface area contributed by atoms with Crippen LogP contribution in [0.5, 0.6) is 23.0 Å². The number of fused-ring (bicyclic) bond motifs is 2. The van der Waals surface area contributed by atoms with Crippen LogP contribution in [0.2, 0.25) is 5.02 Å². The van der Waals surface area contributed by atoms with Gasteiger partial charge in [-0.25, -0.2) is 12.8 Å². The molecule has 2 heterocycles. The summed E-state index contributed by atoms with van der Waals surface area (Å²) >= 11 is 6.70. The number of aromatic nitrogens is 1. The van der Waals surface area contributed by atoms with Crippen molar-refractivity contribution in [2.75, 3.05) is 26.1 Å². The monoisotopic (exact) mass is 698 g/mol. The minimum atomic E-state index is -3.50. The molecule has 252 valence electrons. The Morgan fingerprint density at radius 3 is 2.71 bits per heavy atom. The summed E-state index contributed by atoms with van der Waals surface area (Å²) in [7, 11) is -3.50. The summed E-state index contributed by atoms with van der Waals surface area (Å²) in [6, 6.07) is 12.4. The summed E-state index contributed by atoms with van der Waals surface area (Å²) in [6.07, 6.45) is 4.60. The summed E-state index contributed by atoms with van der Waals surface area (Å²) in [5.74, 6) is -0.656. The molecule has 1 aliphatic carbocycles. The number of aliphatic hydroxyl groups excluding tert-OH is 1. The van der Waals surface area contributed by atoms with Crippen molar-refractivity contribution in [1.82, 2.24) is 10.3 Å². The highest BCUT2D eigenvalue weighted by Gasteiger charge is 2.30. The number of halogens is 2. The number of aliphatic hydroxyl groups is 1. The van der Waals surface area contributed by atoms with E-state index >= 15 is 4.39 Å². The normalized spacial score (nSPS) is 15.9. The van der Waals surface area contributed by atoms with Gasteiger partial charge in [-0.2, -0.15) is 0 Å². The predicted octanol–water partition coefficient (Wildman–Crippen LogP) is 4.90. The van der Waals surface area contributed by atoms with Crippen LogP contribution in [0.15, 0.2) is 65.8 Å². The second-order valence-electron chi connectivity index (χ2n) is 11.4. The smallest absolute Gasteiger partial charge is 0.323 e. The van der Waals surface area contributed by atoms with E-state index in [4.69, 9.17) is 30.5 Å². The van der Waals surface area contributed by atoms with Crippen LogP contribution in [0.4, 0.5) is 4.39 Å². The predicted molar refractivity (Wildman–Crippen MR) is 173 cm³/mol. The summed E-state index contributed by atoms with van der Waals surface area (Å²) < 4.78 is 63.3. The van der Waals surface area contributed by atoms with Crippen molar-refractivity contribution in [2.24, 2.45) is 0 Å². The molecule has 3 N–H and O–H groups in total. The zero-order chi connectivity index (χ0) is 34.0. The van der Waals surface area contributed by atoms with E-state index in [9.17, 15) is 23.4 Å². The van der Waals surface area contributed by atoms with E-state index in [2.05, 4.69) is 10.3 Å². The molecule has 2 aliphatic rings. The Bertz CT molecular complexity index is 1970. The number of pyridine rings is 1. The quantitative estimate of drug-likeness (QED) is 0.185. The fourth-order valence-electron chi connectivity index (χ4n) is 5.74. The van der Waals surface area contributed by atoms with Gasteiger partial charge in [0.1, 0.15) is 43.5 Å². The summed E-state index contributed by atoms with van der Waals surface area (Å²) in [5, 5.41) is 21.8. The van der Waals surface area contributed by atoms with Crippen molar-refractivity contribution in [3.63, 3.8) is 0 Å². The first-order valence-corrected chi connectivity index (χ1v) is 17.3. The van der Waals surface area contributed by atoms with Gasteiger partial charge in [-0.05, 0) is 53.8 Å². The zero-order valence-corrected chi connectivity index (χ0v) is 27.3. The number of carboxylic acids is 1. The number of carboxylic acid groups (broad SMARTS) is 1. The van der Waals surface area contributed by atoms with Gasteiger partial charge < -0.3 is 29.2 Å². The first kappa shape index (κ1) is 33.5.